The number of benzene rings is 2. The van der Waals surface area contributed by atoms with Crippen LogP contribution in [0.5, 0.6) is 11.5 Å². The Bertz CT molecular complexity index is 1830. The van der Waals surface area contributed by atoms with Gasteiger partial charge < -0.3 is 23.5 Å². The van der Waals surface area contributed by atoms with E-state index < -0.39 is 17.5 Å². The number of para-hydroxylation sites is 1. The molecule has 7 rings (SSSR count). The Morgan fingerprint density at radius 3 is 2.56 bits per heavy atom. The van der Waals surface area contributed by atoms with Crippen LogP contribution in [0.2, 0.25) is 5.02 Å². The number of amides is 1. The third-order valence-electron chi connectivity index (χ3n) is 9.57. The van der Waals surface area contributed by atoms with Gasteiger partial charge in [-0.25, -0.2) is 9.78 Å². The first kappa shape index (κ1) is 32.7. The van der Waals surface area contributed by atoms with Crippen LogP contribution in [0, 0.1) is 5.41 Å². The second-order valence-electron chi connectivity index (χ2n) is 15.0. The van der Waals surface area contributed by atoms with Crippen LogP contribution in [0.15, 0.2) is 54.7 Å². The second-order valence-corrected chi connectivity index (χ2v) is 15.4. The highest BCUT2D eigenvalue weighted by molar-refractivity contribution is 6.30. The lowest BCUT2D eigenvalue weighted by Gasteiger charge is -2.33. The van der Waals surface area contributed by atoms with Gasteiger partial charge in [-0.3, -0.25) is 15.2 Å². The number of piperidine rings is 1. The number of rotatable bonds is 6. The van der Waals surface area contributed by atoms with Gasteiger partial charge in [-0.15, -0.1) is 0 Å². The lowest BCUT2D eigenvalue weighted by atomic mass is 9.87. The van der Waals surface area contributed by atoms with E-state index in [1.54, 1.807) is 12.3 Å². The molecule has 1 N–H and O–H groups in total. The van der Waals surface area contributed by atoms with E-state index in [4.69, 9.17) is 35.5 Å². The number of halogens is 1. The monoisotopic (exact) mass is 673 g/mol. The van der Waals surface area contributed by atoms with Crippen LogP contribution in [-0.2, 0) is 21.8 Å². The molecular formula is C37H44ClN5O5. The molecular weight excluding hydrogens is 630 g/mol. The minimum Gasteiger partial charge on any atom is -0.444 e. The molecule has 5 heterocycles. The standard InChI is InChI=1S/C37H44ClN5O5/c1-35(2,3)48-34(44)40-25-11-12-27-28(18-25)43(31-21-45-22-36(31,4)5)32(41-27)20-42-16-14-23(15-17-42)26-8-7-9-29-33(26)47-37(6,46-29)30-13-10-24(38)19-39-30/h7-13,18-19,23,31H,14-17,20-22H2,1-6H3,(H,40,44)/t31-,37+/m1/s1. The number of hydrogen-bond donors (Lipinski definition) is 1. The van der Waals surface area contributed by atoms with Crippen LogP contribution in [0.25, 0.3) is 11.0 Å². The number of fused-ring (bicyclic) bond motifs is 2. The molecule has 2 fully saturated rings. The number of pyridine rings is 1. The molecule has 0 unspecified atom stereocenters. The van der Waals surface area contributed by atoms with Crippen LogP contribution < -0.4 is 14.8 Å². The van der Waals surface area contributed by atoms with Crippen molar-refractivity contribution in [1.29, 1.82) is 0 Å². The second kappa shape index (κ2) is 12.2. The summed E-state index contributed by atoms with van der Waals surface area (Å²) in [5.74, 6) is 1.87. The highest BCUT2D eigenvalue weighted by Gasteiger charge is 2.43. The van der Waals surface area contributed by atoms with Crippen LogP contribution in [0.3, 0.4) is 0 Å². The Labute approximate surface area is 286 Å². The van der Waals surface area contributed by atoms with Crippen molar-refractivity contribution in [3.05, 3.63) is 76.8 Å². The van der Waals surface area contributed by atoms with Crippen molar-refractivity contribution in [1.82, 2.24) is 19.4 Å². The lowest BCUT2D eigenvalue weighted by Crippen LogP contribution is -2.35. The number of nitrogens with one attached hydrogen (secondary N) is 1. The molecule has 0 bridgehead atoms. The van der Waals surface area contributed by atoms with Crippen LogP contribution >= 0.6 is 11.6 Å². The zero-order valence-electron chi connectivity index (χ0n) is 28.5. The van der Waals surface area contributed by atoms with Crippen molar-refractivity contribution < 1.29 is 23.7 Å². The molecule has 1 amide bonds. The zero-order valence-corrected chi connectivity index (χ0v) is 29.3. The van der Waals surface area contributed by atoms with Crippen molar-refractivity contribution in [2.24, 2.45) is 5.41 Å². The fraction of sp³-hybridized carbons (Fsp3) is 0.486. The summed E-state index contributed by atoms with van der Waals surface area (Å²) in [4.78, 5) is 24.7. The topological polar surface area (TPSA) is 100.0 Å². The molecule has 0 aliphatic carbocycles. The zero-order chi connectivity index (χ0) is 33.8. The van der Waals surface area contributed by atoms with Gasteiger partial charge in [0, 0.05) is 29.8 Å². The van der Waals surface area contributed by atoms with Crippen molar-refractivity contribution in [3.63, 3.8) is 0 Å². The SMILES string of the molecule is CC(C)(C)OC(=O)Nc1ccc2nc(CN3CCC(c4cccc5c4O[C@@](C)(c4ccc(Cl)cn4)O5)CC3)n([C@@H]3COCC3(C)C)c2c1. The van der Waals surface area contributed by atoms with Gasteiger partial charge in [0.25, 0.3) is 5.79 Å². The van der Waals surface area contributed by atoms with E-state index in [0.717, 1.165) is 60.8 Å². The predicted octanol–water partition coefficient (Wildman–Crippen LogP) is 8.05. The van der Waals surface area contributed by atoms with Crippen molar-refractivity contribution in [3.8, 4) is 11.5 Å². The number of likely N-dealkylation sites (tertiary alicyclic amines) is 1. The quantitative estimate of drug-likeness (QED) is 0.220. The van der Waals surface area contributed by atoms with Crippen LogP contribution in [0.1, 0.15) is 83.4 Å². The largest absolute Gasteiger partial charge is 0.444 e. The Morgan fingerprint density at radius 2 is 1.88 bits per heavy atom. The predicted molar refractivity (Wildman–Crippen MR) is 185 cm³/mol. The van der Waals surface area contributed by atoms with E-state index in [1.807, 2.05) is 64.1 Å². The summed E-state index contributed by atoms with van der Waals surface area (Å²) in [5, 5.41) is 3.47. The van der Waals surface area contributed by atoms with Gasteiger partial charge in [0.1, 0.15) is 17.1 Å². The van der Waals surface area contributed by atoms with E-state index in [9.17, 15) is 4.79 Å². The molecule has 48 heavy (non-hydrogen) atoms. The number of imidazole rings is 1. The van der Waals surface area contributed by atoms with Gasteiger partial charge in [-0.05, 0) is 89.0 Å². The Balaban J connectivity index is 1.09. The van der Waals surface area contributed by atoms with Gasteiger partial charge in [0.05, 0.1) is 41.9 Å². The minimum absolute atomic E-state index is 0.0736. The van der Waals surface area contributed by atoms with Crippen LogP contribution in [-0.4, -0.2) is 57.4 Å². The third kappa shape index (κ3) is 6.45. The molecule has 2 saturated heterocycles. The number of carbonyl (C=O) groups excluding carboxylic acids is 1. The molecule has 3 aliphatic heterocycles. The molecule has 0 saturated carbocycles. The first-order valence-corrected chi connectivity index (χ1v) is 17.1. The summed E-state index contributed by atoms with van der Waals surface area (Å²) in [7, 11) is 0. The first-order valence-electron chi connectivity index (χ1n) is 16.7. The van der Waals surface area contributed by atoms with Gasteiger partial charge in [-0.1, -0.05) is 37.6 Å². The van der Waals surface area contributed by atoms with Gasteiger partial charge in [-0.2, -0.15) is 0 Å². The minimum atomic E-state index is -1.01. The fourth-order valence-corrected chi connectivity index (χ4v) is 7.21. The van der Waals surface area contributed by atoms with Crippen LogP contribution in [0.4, 0.5) is 10.5 Å². The number of hydrogen-bond acceptors (Lipinski definition) is 8. The molecule has 4 aromatic rings. The molecule has 10 nitrogen and oxygen atoms in total. The summed E-state index contributed by atoms with van der Waals surface area (Å²) in [6.45, 7) is 15.8. The fourth-order valence-electron chi connectivity index (χ4n) is 7.10. The smallest absolute Gasteiger partial charge is 0.412 e. The summed E-state index contributed by atoms with van der Waals surface area (Å²) in [6.07, 6.45) is 3.10. The Hall–Kier alpha value is -3.86. The normalized spacial score (nSPS) is 22.7. The highest BCUT2D eigenvalue weighted by Crippen LogP contribution is 2.49. The summed E-state index contributed by atoms with van der Waals surface area (Å²) >= 11 is 6.08. The molecule has 3 aliphatic rings. The number of nitrogens with zero attached hydrogens (tertiary/aromatic N) is 4. The van der Waals surface area contributed by atoms with Crippen molar-refractivity contribution >= 4 is 34.4 Å². The van der Waals surface area contributed by atoms with E-state index >= 15 is 0 Å². The molecule has 2 aromatic carbocycles. The van der Waals surface area contributed by atoms with E-state index in [-0.39, 0.29) is 11.5 Å². The lowest BCUT2D eigenvalue weighted by molar-refractivity contribution is -0.0722. The molecule has 2 aromatic heterocycles. The number of aromatic nitrogens is 3. The highest BCUT2D eigenvalue weighted by atomic mass is 35.5. The first-order chi connectivity index (χ1) is 22.8. The molecule has 0 radical (unpaired) electrons. The number of anilines is 1. The van der Waals surface area contributed by atoms with E-state index in [1.165, 1.54) is 5.56 Å². The van der Waals surface area contributed by atoms with Gasteiger partial charge in [0.15, 0.2) is 11.5 Å². The van der Waals surface area contributed by atoms with Gasteiger partial charge >= 0.3 is 6.09 Å². The molecule has 2 atom stereocenters. The van der Waals surface area contributed by atoms with E-state index in [0.29, 0.717) is 35.5 Å². The average molecular weight is 674 g/mol. The molecule has 0 spiro atoms. The summed E-state index contributed by atoms with van der Waals surface area (Å²) in [5.41, 5.74) is 3.74. The number of carbonyl (C=O) groups is 1. The Morgan fingerprint density at radius 1 is 1.08 bits per heavy atom. The maximum Gasteiger partial charge on any atom is 0.412 e. The van der Waals surface area contributed by atoms with Crippen molar-refractivity contribution in [2.75, 3.05) is 31.6 Å². The number of ether oxygens (including phenoxy) is 4. The third-order valence-corrected chi connectivity index (χ3v) is 9.79. The maximum atomic E-state index is 12.6. The average Bonchev–Trinajstić information content (AvgIpc) is 3.67. The Kier molecular flexibility index (Phi) is 8.33. The summed E-state index contributed by atoms with van der Waals surface area (Å²) < 4.78 is 26.7. The maximum absolute atomic E-state index is 12.6. The molecule has 11 heteroatoms. The van der Waals surface area contributed by atoms with E-state index in [2.05, 4.69) is 39.7 Å². The molecule has 254 valence electrons. The van der Waals surface area contributed by atoms with Crippen molar-refractivity contribution in [2.45, 2.75) is 84.3 Å². The summed E-state index contributed by atoms with van der Waals surface area (Å²) in [6, 6.07) is 15.8. The van der Waals surface area contributed by atoms with Gasteiger partial charge in [0.2, 0.25) is 0 Å².